The van der Waals surface area contributed by atoms with Gasteiger partial charge in [-0.1, -0.05) is 13.8 Å². The lowest BCUT2D eigenvalue weighted by atomic mass is 9.99. The summed E-state index contributed by atoms with van der Waals surface area (Å²) in [5.41, 5.74) is 5.69. The second kappa shape index (κ2) is 5.45. The van der Waals surface area contributed by atoms with Crippen molar-refractivity contribution in [3.8, 4) is 0 Å². The van der Waals surface area contributed by atoms with Gasteiger partial charge in [0.05, 0.1) is 5.54 Å². The van der Waals surface area contributed by atoms with E-state index in [9.17, 15) is 0 Å². The van der Waals surface area contributed by atoms with Crippen molar-refractivity contribution in [3.63, 3.8) is 0 Å². The highest BCUT2D eigenvalue weighted by Crippen LogP contribution is 2.31. The Morgan fingerprint density at radius 1 is 1.25 bits per heavy atom. The van der Waals surface area contributed by atoms with Crippen LogP contribution >= 0.6 is 0 Å². The Labute approximate surface area is 99.1 Å². The van der Waals surface area contributed by atoms with Gasteiger partial charge in [-0.15, -0.1) is 0 Å². The van der Waals surface area contributed by atoms with E-state index in [1.807, 2.05) is 0 Å². The summed E-state index contributed by atoms with van der Waals surface area (Å²) in [4.78, 5) is 2.40. The normalized spacial score (nSPS) is 30.9. The third-order valence-electron chi connectivity index (χ3n) is 4.06. The molecule has 0 amide bonds. The molecule has 3 atom stereocenters. The van der Waals surface area contributed by atoms with E-state index in [1.54, 1.807) is 14.2 Å². The summed E-state index contributed by atoms with van der Waals surface area (Å²) in [7, 11) is 3.34. The summed E-state index contributed by atoms with van der Waals surface area (Å²) in [6.07, 6.45) is -0.269. The second-order valence-corrected chi connectivity index (χ2v) is 5.22. The molecule has 0 aliphatic carbocycles. The van der Waals surface area contributed by atoms with Crippen molar-refractivity contribution in [2.45, 2.75) is 32.6 Å². The van der Waals surface area contributed by atoms with Crippen LogP contribution in [0.5, 0.6) is 0 Å². The molecule has 3 unspecified atom stereocenters. The highest BCUT2D eigenvalue weighted by molar-refractivity contribution is 4.95. The maximum Gasteiger partial charge on any atom is 0.176 e. The Morgan fingerprint density at radius 3 is 2.00 bits per heavy atom. The van der Waals surface area contributed by atoms with Gasteiger partial charge in [-0.05, 0) is 18.8 Å². The first-order valence-corrected chi connectivity index (χ1v) is 6.00. The Balaban J connectivity index is 2.80. The molecule has 16 heavy (non-hydrogen) atoms. The van der Waals surface area contributed by atoms with Gasteiger partial charge < -0.3 is 15.2 Å². The summed E-state index contributed by atoms with van der Waals surface area (Å²) >= 11 is 0. The van der Waals surface area contributed by atoms with Crippen LogP contribution in [0.15, 0.2) is 0 Å². The molecule has 0 aromatic rings. The molecule has 1 rings (SSSR count). The number of ether oxygens (including phenoxy) is 2. The fraction of sp³-hybridized carbons (Fsp3) is 1.00. The predicted octanol–water partition coefficient (Wildman–Crippen LogP) is 0.911. The molecule has 2 N–H and O–H groups in total. The largest absolute Gasteiger partial charge is 0.354 e. The van der Waals surface area contributed by atoms with E-state index >= 15 is 0 Å². The molecule has 4 nitrogen and oxygen atoms in total. The van der Waals surface area contributed by atoms with E-state index in [2.05, 4.69) is 25.7 Å². The first kappa shape index (κ1) is 13.9. The van der Waals surface area contributed by atoms with Crippen LogP contribution in [-0.2, 0) is 9.47 Å². The molecule has 0 saturated carbocycles. The Bertz CT molecular complexity index is 211. The molecule has 1 saturated heterocycles. The smallest absolute Gasteiger partial charge is 0.176 e. The van der Waals surface area contributed by atoms with Gasteiger partial charge in [0.2, 0.25) is 0 Å². The molecular formula is C12H26N2O2. The lowest BCUT2D eigenvalue weighted by Crippen LogP contribution is -2.59. The summed E-state index contributed by atoms with van der Waals surface area (Å²) in [5, 5.41) is 0. The zero-order chi connectivity index (χ0) is 12.3. The Hall–Kier alpha value is -0.160. The third-order valence-corrected chi connectivity index (χ3v) is 4.06. The standard InChI is InChI=1S/C12H26N2O2/c1-9-6-14(7-10(9)2)12(3,8-13)11(15-4)16-5/h9-11H,6-8,13H2,1-5H3. The molecule has 96 valence electrons. The minimum atomic E-state index is -0.269. The number of rotatable bonds is 5. The van der Waals surface area contributed by atoms with Crippen molar-refractivity contribution in [1.29, 1.82) is 0 Å². The SMILES string of the molecule is COC(OC)C(C)(CN)N1CC(C)C(C)C1. The van der Waals surface area contributed by atoms with Gasteiger partial charge in [0, 0.05) is 33.9 Å². The quantitative estimate of drug-likeness (QED) is 0.713. The van der Waals surface area contributed by atoms with Gasteiger partial charge in [0.15, 0.2) is 6.29 Å². The maximum absolute atomic E-state index is 5.93. The third kappa shape index (κ3) is 2.40. The summed E-state index contributed by atoms with van der Waals surface area (Å²) < 4.78 is 10.8. The van der Waals surface area contributed by atoms with Crippen LogP contribution in [0, 0.1) is 11.8 Å². The molecule has 1 aliphatic rings. The van der Waals surface area contributed by atoms with E-state index in [0.29, 0.717) is 18.4 Å². The number of nitrogens with two attached hydrogens (primary N) is 1. The topological polar surface area (TPSA) is 47.7 Å². The van der Waals surface area contributed by atoms with Crippen molar-refractivity contribution < 1.29 is 9.47 Å². The second-order valence-electron chi connectivity index (χ2n) is 5.22. The van der Waals surface area contributed by atoms with Gasteiger partial charge in [-0.25, -0.2) is 0 Å². The fourth-order valence-corrected chi connectivity index (χ4v) is 2.53. The van der Waals surface area contributed by atoms with Crippen molar-refractivity contribution in [2.75, 3.05) is 33.9 Å². The zero-order valence-electron chi connectivity index (χ0n) is 11.2. The predicted molar refractivity (Wildman–Crippen MR) is 65.2 cm³/mol. The molecule has 1 fully saturated rings. The Morgan fingerprint density at radius 2 is 1.69 bits per heavy atom. The minimum absolute atomic E-state index is 0.234. The van der Waals surface area contributed by atoms with Gasteiger partial charge in [-0.3, -0.25) is 4.90 Å². The van der Waals surface area contributed by atoms with Crippen LogP contribution in [0.3, 0.4) is 0 Å². The molecule has 4 heteroatoms. The van der Waals surface area contributed by atoms with Gasteiger partial charge in [0.1, 0.15) is 0 Å². The highest BCUT2D eigenvalue weighted by Gasteiger charge is 2.43. The lowest BCUT2D eigenvalue weighted by molar-refractivity contribution is -0.178. The number of methoxy groups -OCH3 is 2. The van der Waals surface area contributed by atoms with Gasteiger partial charge in [-0.2, -0.15) is 0 Å². The molecule has 1 heterocycles. The zero-order valence-corrected chi connectivity index (χ0v) is 11.2. The average molecular weight is 230 g/mol. The fourth-order valence-electron chi connectivity index (χ4n) is 2.53. The van der Waals surface area contributed by atoms with Gasteiger partial charge in [0.25, 0.3) is 0 Å². The summed E-state index contributed by atoms with van der Waals surface area (Å²) in [6, 6.07) is 0. The van der Waals surface area contributed by atoms with Crippen LogP contribution in [0.25, 0.3) is 0 Å². The average Bonchev–Trinajstić information content (AvgIpc) is 2.61. The van der Waals surface area contributed by atoms with E-state index in [0.717, 1.165) is 13.1 Å². The first-order chi connectivity index (χ1) is 7.49. The van der Waals surface area contributed by atoms with Crippen molar-refractivity contribution in [1.82, 2.24) is 4.90 Å². The highest BCUT2D eigenvalue weighted by atomic mass is 16.7. The van der Waals surface area contributed by atoms with Crippen molar-refractivity contribution in [3.05, 3.63) is 0 Å². The van der Waals surface area contributed by atoms with E-state index in [1.165, 1.54) is 0 Å². The summed E-state index contributed by atoms with van der Waals surface area (Å²) in [5.74, 6) is 1.42. The number of hydrogen-bond donors (Lipinski definition) is 1. The molecule has 0 spiro atoms. The minimum Gasteiger partial charge on any atom is -0.354 e. The first-order valence-electron chi connectivity index (χ1n) is 6.00. The van der Waals surface area contributed by atoms with Crippen molar-refractivity contribution in [2.24, 2.45) is 17.6 Å². The number of nitrogens with zero attached hydrogens (tertiary/aromatic N) is 1. The molecule has 0 bridgehead atoms. The molecular weight excluding hydrogens is 204 g/mol. The van der Waals surface area contributed by atoms with Crippen LogP contribution in [0.4, 0.5) is 0 Å². The summed E-state index contributed by atoms with van der Waals surface area (Å²) in [6.45, 7) is 9.37. The lowest BCUT2D eigenvalue weighted by Gasteiger charge is -2.42. The molecule has 0 aromatic heterocycles. The van der Waals surface area contributed by atoms with Gasteiger partial charge >= 0.3 is 0 Å². The van der Waals surface area contributed by atoms with Crippen LogP contribution in [0.2, 0.25) is 0 Å². The van der Waals surface area contributed by atoms with E-state index in [4.69, 9.17) is 15.2 Å². The Kier molecular flexibility index (Phi) is 4.73. The van der Waals surface area contributed by atoms with E-state index in [-0.39, 0.29) is 11.8 Å². The molecule has 0 radical (unpaired) electrons. The molecule has 1 aliphatic heterocycles. The maximum atomic E-state index is 5.93. The van der Waals surface area contributed by atoms with E-state index < -0.39 is 0 Å². The van der Waals surface area contributed by atoms with Crippen LogP contribution in [-0.4, -0.2) is 50.6 Å². The number of hydrogen-bond acceptors (Lipinski definition) is 4. The number of likely N-dealkylation sites (tertiary alicyclic amines) is 1. The monoisotopic (exact) mass is 230 g/mol. The van der Waals surface area contributed by atoms with Crippen molar-refractivity contribution >= 4 is 0 Å². The molecule has 0 aromatic carbocycles. The van der Waals surface area contributed by atoms with Crippen LogP contribution in [0.1, 0.15) is 20.8 Å². The van der Waals surface area contributed by atoms with Crippen LogP contribution < -0.4 is 5.73 Å².